The molecule has 10 aromatic carbocycles. The van der Waals surface area contributed by atoms with Crippen LogP contribution in [0.3, 0.4) is 0 Å². The normalized spacial score (nSPS) is 13.4. The predicted octanol–water partition coefficient (Wildman–Crippen LogP) is 19.1. The van der Waals surface area contributed by atoms with E-state index in [9.17, 15) is 13.2 Å². The molecule has 0 aliphatic heterocycles. The van der Waals surface area contributed by atoms with Gasteiger partial charge < -0.3 is 14.7 Å². The number of aryl methyl sites for hydroxylation is 1. The number of hydrogen-bond donors (Lipinski definition) is 0. The van der Waals surface area contributed by atoms with Gasteiger partial charge in [0.25, 0.3) is 0 Å². The molecule has 10 aromatic rings. The molecule has 0 saturated carbocycles. The summed E-state index contributed by atoms with van der Waals surface area (Å²) < 4.78 is 43.1. The Bertz CT molecular complexity index is 3700. The summed E-state index contributed by atoms with van der Waals surface area (Å²) in [6.07, 6.45) is 0. The average molecular weight is 956 g/mol. The quantitative estimate of drug-likeness (QED) is 0.135. The molecule has 73 heavy (non-hydrogen) atoms. The molecule has 12 rings (SSSR count). The van der Waals surface area contributed by atoms with Crippen LogP contribution in [-0.4, -0.2) is 0 Å². The van der Waals surface area contributed by atoms with Crippen LogP contribution in [0.25, 0.3) is 33.4 Å². The Hall–Kier alpha value is -8.61. The first-order valence-corrected chi connectivity index (χ1v) is 24.8. The Morgan fingerprint density at radius 3 is 0.863 bits per heavy atom. The minimum atomic E-state index is -0.374. The molecule has 2 aliphatic rings. The minimum absolute atomic E-state index is 0.184. The van der Waals surface area contributed by atoms with Gasteiger partial charge in [0.2, 0.25) is 0 Å². The first kappa shape index (κ1) is 45.5. The van der Waals surface area contributed by atoms with Crippen molar-refractivity contribution in [2.45, 2.75) is 45.4 Å². The highest BCUT2D eigenvalue weighted by Crippen LogP contribution is 2.54. The van der Waals surface area contributed by atoms with Crippen molar-refractivity contribution in [2.24, 2.45) is 0 Å². The smallest absolute Gasteiger partial charge is 0.123 e. The molecule has 2 aliphatic carbocycles. The van der Waals surface area contributed by atoms with E-state index in [1.54, 1.807) is 0 Å². The Morgan fingerprint density at radius 1 is 0.274 bits per heavy atom. The minimum Gasteiger partial charge on any atom is -0.310 e. The first-order chi connectivity index (χ1) is 35.3. The highest BCUT2D eigenvalue weighted by molar-refractivity contribution is 5.90. The Labute approximate surface area is 425 Å². The van der Waals surface area contributed by atoms with Crippen LogP contribution in [0.4, 0.5) is 64.4 Å². The maximum Gasteiger partial charge on any atom is 0.123 e. The fraction of sp³-hybridized carbons (Fsp3) is 0.104. The third-order valence-corrected chi connectivity index (χ3v) is 15.1. The van der Waals surface area contributed by atoms with E-state index in [2.05, 4.69) is 183 Å². The molecular weight excluding hydrogens is 904 g/mol. The van der Waals surface area contributed by atoms with Gasteiger partial charge in [0.15, 0.2) is 0 Å². The highest BCUT2D eigenvalue weighted by atomic mass is 19.1. The lowest BCUT2D eigenvalue weighted by Crippen LogP contribution is -2.17. The van der Waals surface area contributed by atoms with Crippen molar-refractivity contribution >= 4 is 51.2 Å². The number of halogens is 3. The van der Waals surface area contributed by atoms with E-state index >= 15 is 0 Å². The van der Waals surface area contributed by atoms with Gasteiger partial charge >= 0.3 is 0 Å². The van der Waals surface area contributed by atoms with Gasteiger partial charge in [-0.1, -0.05) is 112 Å². The first-order valence-electron chi connectivity index (χ1n) is 24.8. The van der Waals surface area contributed by atoms with Gasteiger partial charge in [-0.15, -0.1) is 0 Å². The fourth-order valence-electron chi connectivity index (χ4n) is 11.3. The molecule has 0 heterocycles. The lowest BCUT2D eigenvalue weighted by molar-refractivity contribution is 0.627. The summed E-state index contributed by atoms with van der Waals surface area (Å²) in [7, 11) is 0. The zero-order chi connectivity index (χ0) is 50.2. The second-order valence-corrected chi connectivity index (χ2v) is 20.4. The molecule has 0 saturated heterocycles. The summed E-state index contributed by atoms with van der Waals surface area (Å²) in [5, 5.41) is 0. The molecule has 0 bridgehead atoms. The largest absolute Gasteiger partial charge is 0.310 e. The van der Waals surface area contributed by atoms with Gasteiger partial charge in [-0.2, -0.15) is 0 Å². The van der Waals surface area contributed by atoms with E-state index < -0.39 is 0 Å². The third-order valence-electron chi connectivity index (χ3n) is 15.1. The van der Waals surface area contributed by atoms with Gasteiger partial charge in [0.05, 0.1) is 0 Å². The number of para-hydroxylation sites is 1. The maximum atomic E-state index is 14.5. The molecule has 0 aromatic heterocycles. The number of anilines is 9. The van der Waals surface area contributed by atoms with Crippen molar-refractivity contribution < 1.29 is 13.2 Å². The van der Waals surface area contributed by atoms with E-state index in [1.807, 2.05) is 54.6 Å². The number of benzene rings is 10. The van der Waals surface area contributed by atoms with Crippen molar-refractivity contribution in [3.05, 3.63) is 270 Å². The molecular formula is C67H52F3N3. The molecule has 356 valence electrons. The van der Waals surface area contributed by atoms with Crippen molar-refractivity contribution in [1.29, 1.82) is 0 Å². The van der Waals surface area contributed by atoms with E-state index in [0.29, 0.717) is 0 Å². The van der Waals surface area contributed by atoms with Crippen molar-refractivity contribution in [1.82, 2.24) is 0 Å². The molecule has 0 atom stereocenters. The van der Waals surface area contributed by atoms with Crippen LogP contribution >= 0.6 is 0 Å². The average Bonchev–Trinajstić information content (AvgIpc) is 3.77. The van der Waals surface area contributed by atoms with Crippen LogP contribution < -0.4 is 14.7 Å². The van der Waals surface area contributed by atoms with Crippen LogP contribution in [-0.2, 0) is 10.8 Å². The van der Waals surface area contributed by atoms with E-state index in [1.165, 1.54) is 86.5 Å². The Kier molecular flexibility index (Phi) is 11.0. The number of nitrogens with zero attached hydrogens (tertiary/aromatic N) is 3. The van der Waals surface area contributed by atoms with Gasteiger partial charge in [0, 0.05) is 62.0 Å². The number of fused-ring (bicyclic) bond motifs is 6. The zero-order valence-electron chi connectivity index (χ0n) is 41.3. The molecule has 6 heteroatoms. The topological polar surface area (TPSA) is 9.72 Å². The maximum absolute atomic E-state index is 14.5. The van der Waals surface area contributed by atoms with Crippen molar-refractivity contribution in [2.75, 3.05) is 14.7 Å². The second-order valence-electron chi connectivity index (χ2n) is 20.4. The van der Waals surface area contributed by atoms with Crippen LogP contribution in [0.2, 0.25) is 0 Å². The summed E-state index contributed by atoms with van der Waals surface area (Å²) >= 11 is 0. The van der Waals surface area contributed by atoms with Gasteiger partial charge in [-0.3, -0.25) is 0 Å². The van der Waals surface area contributed by atoms with E-state index in [0.717, 1.165) is 62.3 Å². The lowest BCUT2D eigenvalue weighted by Gasteiger charge is -2.29. The van der Waals surface area contributed by atoms with E-state index in [-0.39, 0.29) is 28.3 Å². The third kappa shape index (κ3) is 7.95. The molecule has 0 fully saturated rings. The summed E-state index contributed by atoms with van der Waals surface area (Å²) in [5.41, 5.74) is 21.0. The number of hydrogen-bond acceptors (Lipinski definition) is 3. The highest BCUT2D eigenvalue weighted by Gasteiger charge is 2.38. The molecule has 3 nitrogen and oxygen atoms in total. The summed E-state index contributed by atoms with van der Waals surface area (Å²) in [6.45, 7) is 11.3. The fourth-order valence-corrected chi connectivity index (χ4v) is 11.3. The molecule has 0 radical (unpaired) electrons. The van der Waals surface area contributed by atoms with Gasteiger partial charge in [-0.05, 0) is 208 Å². The van der Waals surface area contributed by atoms with Crippen LogP contribution in [0, 0.1) is 24.4 Å². The molecule has 0 spiro atoms. The van der Waals surface area contributed by atoms with Crippen molar-refractivity contribution in [3.63, 3.8) is 0 Å². The Morgan fingerprint density at radius 2 is 0.534 bits per heavy atom. The molecule has 0 N–H and O–H groups in total. The standard InChI is InChI=1S/C67H52F3N3/c1-43-11-35-58-59-36-33-56(41-63(59)66(2,3)62(58)39-43)72(53-28-18-47(69)19-29-53)50-22-12-44(13-23-50)45-14-24-51(25-15-45)73(54-30-20-48(70)21-31-54)57-34-38-61-60-37-32-55(40-64(60)67(4,5)65(61)42-57)71(49-9-7-6-8-10-49)52-26-16-46(68)17-27-52/h6-42H,1-5H3. The summed E-state index contributed by atoms with van der Waals surface area (Å²) in [5.74, 6) is -0.857. The van der Waals surface area contributed by atoms with Crippen LogP contribution in [0.5, 0.6) is 0 Å². The molecule has 0 amide bonds. The lowest BCUT2D eigenvalue weighted by atomic mass is 9.82. The van der Waals surface area contributed by atoms with Crippen LogP contribution in [0.15, 0.2) is 224 Å². The van der Waals surface area contributed by atoms with E-state index in [4.69, 9.17) is 0 Å². The summed E-state index contributed by atoms with van der Waals surface area (Å²) in [4.78, 5) is 6.54. The van der Waals surface area contributed by atoms with Gasteiger partial charge in [0.1, 0.15) is 17.5 Å². The van der Waals surface area contributed by atoms with Gasteiger partial charge in [-0.25, -0.2) is 13.2 Å². The second kappa shape index (κ2) is 17.6. The SMILES string of the molecule is Cc1ccc2c(c1)C(C)(C)c1cc(N(c3ccc(F)cc3)c3ccc(-c4ccc(N(c5ccc(F)cc5)c5ccc6c(c5)C(C)(C)c5cc(N(c7ccccc7)c7ccc(F)cc7)ccc5-6)cc4)cc3)ccc1-2. The number of rotatable bonds is 10. The molecule has 0 unspecified atom stereocenters. The zero-order valence-corrected chi connectivity index (χ0v) is 41.3. The summed E-state index contributed by atoms with van der Waals surface area (Å²) in [6, 6.07) is 73.8. The Balaban J connectivity index is 0.866. The monoisotopic (exact) mass is 955 g/mol. The predicted molar refractivity (Wildman–Crippen MR) is 296 cm³/mol. The van der Waals surface area contributed by atoms with Crippen molar-refractivity contribution in [3.8, 4) is 33.4 Å². The van der Waals surface area contributed by atoms with Crippen LogP contribution in [0.1, 0.15) is 55.5 Å².